The second kappa shape index (κ2) is 6.77. The molecule has 0 bridgehead atoms. The summed E-state index contributed by atoms with van der Waals surface area (Å²) in [5, 5.41) is 11.3. The fourth-order valence-electron chi connectivity index (χ4n) is 1.96. The molecule has 1 amide bonds. The minimum absolute atomic E-state index is 0.0312. The lowest BCUT2D eigenvalue weighted by Gasteiger charge is -2.14. The molecule has 3 aromatic rings. The van der Waals surface area contributed by atoms with Gasteiger partial charge in [0.15, 0.2) is 0 Å². The number of aryl methyl sites for hydroxylation is 1. The zero-order valence-electron chi connectivity index (χ0n) is 12.5. The van der Waals surface area contributed by atoms with E-state index in [1.54, 1.807) is 41.4 Å². The summed E-state index contributed by atoms with van der Waals surface area (Å²) in [6, 6.07) is 5.45. The minimum atomic E-state index is -0.0312. The summed E-state index contributed by atoms with van der Waals surface area (Å²) < 4.78 is 6.92. The van der Waals surface area contributed by atoms with Crippen molar-refractivity contribution in [3.05, 3.63) is 42.9 Å². The van der Waals surface area contributed by atoms with E-state index in [2.05, 4.69) is 25.3 Å². The number of rotatable bonds is 6. The predicted octanol–water partition coefficient (Wildman–Crippen LogP) is 0.772. The summed E-state index contributed by atoms with van der Waals surface area (Å²) in [5.41, 5.74) is 0.629. The summed E-state index contributed by atoms with van der Waals surface area (Å²) in [6.45, 7) is 0.778. The second-order valence-electron chi connectivity index (χ2n) is 4.93. The Morgan fingerprint density at radius 2 is 2.13 bits per heavy atom. The highest BCUT2D eigenvalue weighted by Crippen LogP contribution is 2.12. The number of carbonyl (C=O) groups excluding carboxylic acids is 1. The molecular formula is C14H15N7O2. The smallest absolute Gasteiger partial charge is 0.246 e. The normalized spacial score (nSPS) is 10.7. The number of hydrogen-bond acceptors (Lipinski definition) is 7. The molecule has 9 nitrogen and oxygen atoms in total. The Bertz CT molecular complexity index is 755. The van der Waals surface area contributed by atoms with Crippen molar-refractivity contribution < 1.29 is 9.32 Å². The fourth-order valence-corrected chi connectivity index (χ4v) is 1.96. The lowest BCUT2D eigenvalue weighted by molar-refractivity contribution is -0.131. The third-order valence-electron chi connectivity index (χ3n) is 3.21. The fraction of sp³-hybridized carbons (Fsp3) is 0.286. The van der Waals surface area contributed by atoms with Crippen LogP contribution in [0.1, 0.15) is 12.3 Å². The molecule has 0 aromatic carbocycles. The molecule has 0 aliphatic rings. The lowest BCUT2D eigenvalue weighted by Crippen LogP contribution is -2.27. The summed E-state index contributed by atoms with van der Waals surface area (Å²) in [5.74, 6) is 0.744. The first-order valence-corrected chi connectivity index (χ1v) is 7.03. The third kappa shape index (κ3) is 3.76. The van der Waals surface area contributed by atoms with Crippen molar-refractivity contribution >= 4 is 5.91 Å². The van der Waals surface area contributed by atoms with Gasteiger partial charge in [0.05, 0.1) is 6.54 Å². The first kappa shape index (κ1) is 14.8. The van der Waals surface area contributed by atoms with Gasteiger partial charge in [0, 0.05) is 26.2 Å². The van der Waals surface area contributed by atoms with E-state index in [4.69, 9.17) is 4.52 Å². The SMILES string of the molecule is CN(Cc1nc(-c2ccccn2)no1)C(=O)CCn1cnnc1. The summed E-state index contributed by atoms with van der Waals surface area (Å²) in [6.07, 6.45) is 5.15. The maximum absolute atomic E-state index is 12.1. The maximum Gasteiger partial charge on any atom is 0.246 e. The zero-order chi connectivity index (χ0) is 16.1. The van der Waals surface area contributed by atoms with E-state index in [9.17, 15) is 4.79 Å². The van der Waals surface area contributed by atoms with E-state index in [1.165, 1.54) is 0 Å². The molecule has 118 valence electrons. The van der Waals surface area contributed by atoms with Gasteiger partial charge in [-0.2, -0.15) is 4.98 Å². The molecule has 3 heterocycles. The Morgan fingerprint density at radius 3 is 2.87 bits per heavy atom. The van der Waals surface area contributed by atoms with Gasteiger partial charge in [-0.25, -0.2) is 0 Å². The van der Waals surface area contributed by atoms with Crippen LogP contribution >= 0.6 is 0 Å². The molecule has 0 fully saturated rings. The van der Waals surface area contributed by atoms with Gasteiger partial charge in [-0.3, -0.25) is 9.78 Å². The topological polar surface area (TPSA) is 103 Å². The van der Waals surface area contributed by atoms with Crippen LogP contribution < -0.4 is 0 Å². The van der Waals surface area contributed by atoms with Gasteiger partial charge in [-0.05, 0) is 12.1 Å². The van der Waals surface area contributed by atoms with Crippen molar-refractivity contribution in [2.75, 3.05) is 7.05 Å². The first-order valence-electron chi connectivity index (χ1n) is 7.03. The molecule has 3 aromatic heterocycles. The van der Waals surface area contributed by atoms with Crippen LogP contribution in [0.3, 0.4) is 0 Å². The standard InChI is InChI=1S/C14H15N7O2/c1-20(13(22)5-7-21-9-16-17-10-21)8-12-18-14(19-23-12)11-4-2-3-6-15-11/h2-4,6,9-10H,5,7-8H2,1H3. The number of hydrogen-bond donors (Lipinski definition) is 0. The van der Waals surface area contributed by atoms with Crippen LogP contribution in [-0.2, 0) is 17.9 Å². The van der Waals surface area contributed by atoms with Crippen LogP contribution in [0.5, 0.6) is 0 Å². The molecule has 0 N–H and O–H groups in total. The summed E-state index contributed by atoms with van der Waals surface area (Å²) in [4.78, 5) is 22.0. The Labute approximate surface area is 132 Å². The van der Waals surface area contributed by atoms with Gasteiger partial charge in [0.25, 0.3) is 0 Å². The molecule has 0 radical (unpaired) electrons. The largest absolute Gasteiger partial charge is 0.337 e. The molecule has 0 spiro atoms. The van der Waals surface area contributed by atoms with Crippen LogP contribution in [0.4, 0.5) is 0 Å². The third-order valence-corrected chi connectivity index (χ3v) is 3.21. The molecule has 3 rings (SSSR count). The number of nitrogens with zero attached hydrogens (tertiary/aromatic N) is 7. The van der Waals surface area contributed by atoms with Gasteiger partial charge >= 0.3 is 0 Å². The number of amides is 1. The van der Waals surface area contributed by atoms with E-state index in [-0.39, 0.29) is 12.5 Å². The van der Waals surface area contributed by atoms with Crippen LogP contribution in [0.15, 0.2) is 41.6 Å². The monoisotopic (exact) mass is 313 g/mol. The van der Waals surface area contributed by atoms with E-state index in [1.807, 2.05) is 12.1 Å². The molecule has 0 aliphatic carbocycles. The summed E-state index contributed by atoms with van der Waals surface area (Å²) in [7, 11) is 1.69. The minimum Gasteiger partial charge on any atom is -0.337 e. The van der Waals surface area contributed by atoms with Gasteiger partial charge in [-0.15, -0.1) is 10.2 Å². The van der Waals surface area contributed by atoms with E-state index < -0.39 is 0 Å². The Morgan fingerprint density at radius 1 is 1.30 bits per heavy atom. The average molecular weight is 313 g/mol. The Hall–Kier alpha value is -3.10. The van der Waals surface area contributed by atoms with Crippen LogP contribution in [0.25, 0.3) is 11.5 Å². The Balaban J connectivity index is 1.56. The van der Waals surface area contributed by atoms with Gasteiger partial charge in [0.1, 0.15) is 18.3 Å². The average Bonchev–Trinajstić information content (AvgIpc) is 3.25. The van der Waals surface area contributed by atoms with Crippen molar-refractivity contribution in [2.45, 2.75) is 19.5 Å². The molecular weight excluding hydrogens is 298 g/mol. The first-order chi connectivity index (χ1) is 11.2. The highest BCUT2D eigenvalue weighted by molar-refractivity contribution is 5.75. The molecule has 9 heteroatoms. The summed E-state index contributed by atoms with van der Waals surface area (Å²) >= 11 is 0. The number of aromatic nitrogens is 6. The van der Waals surface area contributed by atoms with E-state index in [0.717, 1.165) is 0 Å². The van der Waals surface area contributed by atoms with Crippen LogP contribution in [-0.4, -0.2) is 47.7 Å². The number of carbonyl (C=O) groups is 1. The molecule has 0 saturated heterocycles. The molecule has 0 unspecified atom stereocenters. The van der Waals surface area contributed by atoms with Gasteiger partial charge < -0.3 is 14.0 Å². The zero-order valence-corrected chi connectivity index (χ0v) is 12.5. The highest BCUT2D eigenvalue weighted by atomic mass is 16.5. The molecule has 0 aliphatic heterocycles. The number of pyridine rings is 1. The second-order valence-corrected chi connectivity index (χ2v) is 4.93. The van der Waals surface area contributed by atoms with Crippen LogP contribution in [0.2, 0.25) is 0 Å². The van der Waals surface area contributed by atoms with E-state index in [0.29, 0.717) is 30.4 Å². The molecule has 0 saturated carbocycles. The van der Waals surface area contributed by atoms with Crippen molar-refractivity contribution in [2.24, 2.45) is 0 Å². The predicted molar refractivity (Wildman–Crippen MR) is 78.6 cm³/mol. The van der Waals surface area contributed by atoms with E-state index >= 15 is 0 Å². The van der Waals surface area contributed by atoms with Gasteiger partial charge in [-0.1, -0.05) is 11.2 Å². The highest BCUT2D eigenvalue weighted by Gasteiger charge is 2.15. The molecule has 23 heavy (non-hydrogen) atoms. The van der Waals surface area contributed by atoms with Crippen molar-refractivity contribution in [1.29, 1.82) is 0 Å². The molecule has 0 atom stereocenters. The van der Waals surface area contributed by atoms with Crippen molar-refractivity contribution in [3.8, 4) is 11.5 Å². The Kier molecular flexibility index (Phi) is 4.37. The lowest BCUT2D eigenvalue weighted by atomic mass is 10.3. The van der Waals surface area contributed by atoms with Crippen LogP contribution in [0, 0.1) is 0 Å². The maximum atomic E-state index is 12.1. The van der Waals surface area contributed by atoms with Crippen molar-refractivity contribution in [3.63, 3.8) is 0 Å². The van der Waals surface area contributed by atoms with Gasteiger partial charge in [0.2, 0.25) is 17.6 Å². The quantitative estimate of drug-likeness (QED) is 0.662. The van der Waals surface area contributed by atoms with Crippen molar-refractivity contribution in [1.82, 2.24) is 34.8 Å².